The second kappa shape index (κ2) is 81.8. The number of hydrogen-bond acceptors (Lipinski definition) is 15. The molecule has 17 nitrogen and oxygen atoms in total. The monoisotopic (exact) mass is 1620 g/mol. The zero-order valence-corrected chi connectivity index (χ0v) is 75.2. The molecule has 0 radical (unpaired) electrons. The molecule has 0 saturated carbocycles. The largest absolute Gasteiger partial charge is 0.472 e. The zero-order valence-electron chi connectivity index (χ0n) is 73.4. The lowest BCUT2D eigenvalue weighted by Gasteiger charge is -2.21. The number of rotatable bonds is 90. The average molecular weight is 1620 g/mol. The van der Waals surface area contributed by atoms with E-state index in [9.17, 15) is 43.2 Å². The van der Waals surface area contributed by atoms with E-state index in [1.807, 2.05) is 0 Å². The lowest BCUT2D eigenvalue weighted by molar-refractivity contribution is -0.161. The van der Waals surface area contributed by atoms with Crippen LogP contribution in [0, 0.1) is 17.8 Å². The quantitative estimate of drug-likeness (QED) is 0.0222. The van der Waals surface area contributed by atoms with Gasteiger partial charge in [0.15, 0.2) is 12.2 Å². The molecule has 0 bridgehead atoms. The van der Waals surface area contributed by atoms with Crippen molar-refractivity contribution in [1.82, 2.24) is 0 Å². The smallest absolute Gasteiger partial charge is 0.462 e. The van der Waals surface area contributed by atoms with Crippen LogP contribution in [0.2, 0.25) is 0 Å². The van der Waals surface area contributed by atoms with Crippen LogP contribution in [0.5, 0.6) is 0 Å². The van der Waals surface area contributed by atoms with Gasteiger partial charge in [-0.3, -0.25) is 37.3 Å². The molecule has 0 aromatic rings. The molecule has 0 heterocycles. The van der Waals surface area contributed by atoms with E-state index in [0.29, 0.717) is 25.7 Å². The first-order valence-corrected chi connectivity index (χ1v) is 50.5. The minimum Gasteiger partial charge on any atom is -0.462 e. The second-order valence-corrected chi connectivity index (χ2v) is 36.7. The number of aliphatic hydroxyl groups excluding tert-OH is 1. The Labute approximate surface area is 683 Å². The summed E-state index contributed by atoms with van der Waals surface area (Å²) in [5.74, 6) is 0.425. The maximum Gasteiger partial charge on any atom is 0.472 e. The third-order valence-electron chi connectivity index (χ3n) is 22.7. The highest BCUT2D eigenvalue weighted by atomic mass is 31.2. The molecule has 0 aliphatic carbocycles. The van der Waals surface area contributed by atoms with Crippen LogP contribution in [0.15, 0.2) is 0 Å². The summed E-state index contributed by atoms with van der Waals surface area (Å²) < 4.78 is 69.1. The number of phosphoric acid groups is 2. The Hall–Kier alpha value is -1.94. The summed E-state index contributed by atoms with van der Waals surface area (Å²) in [5, 5.41) is 10.7. The van der Waals surface area contributed by atoms with Gasteiger partial charge in [-0.25, -0.2) is 9.13 Å². The molecule has 3 N–H and O–H groups in total. The molecule has 660 valence electrons. The highest BCUT2D eigenvalue weighted by molar-refractivity contribution is 7.47. The summed E-state index contributed by atoms with van der Waals surface area (Å²) >= 11 is 0. The lowest BCUT2D eigenvalue weighted by atomic mass is 9.99. The van der Waals surface area contributed by atoms with Crippen molar-refractivity contribution in [2.24, 2.45) is 17.8 Å². The van der Waals surface area contributed by atoms with Crippen molar-refractivity contribution in [3.8, 4) is 0 Å². The van der Waals surface area contributed by atoms with Crippen molar-refractivity contribution in [2.45, 2.75) is 510 Å². The average Bonchev–Trinajstić information content (AvgIpc) is 0.897. The topological polar surface area (TPSA) is 237 Å². The third kappa shape index (κ3) is 81.6. The van der Waals surface area contributed by atoms with E-state index in [-0.39, 0.29) is 25.7 Å². The number of unbranched alkanes of at least 4 members (excludes halogenated alkanes) is 55. The Morgan fingerprint density at radius 1 is 0.252 bits per heavy atom. The molecule has 0 saturated heterocycles. The van der Waals surface area contributed by atoms with Crippen LogP contribution in [0.1, 0.15) is 492 Å². The second-order valence-electron chi connectivity index (χ2n) is 33.8. The highest BCUT2D eigenvalue weighted by Gasteiger charge is 2.31. The molecular weight excluding hydrogens is 1440 g/mol. The summed E-state index contributed by atoms with van der Waals surface area (Å²) in [7, 11) is -9.94. The van der Waals surface area contributed by atoms with Crippen molar-refractivity contribution < 1.29 is 80.2 Å². The first-order valence-electron chi connectivity index (χ1n) is 47.5. The fourth-order valence-electron chi connectivity index (χ4n) is 14.3. The number of phosphoric ester groups is 2. The number of aliphatic hydroxyl groups is 1. The van der Waals surface area contributed by atoms with Crippen molar-refractivity contribution >= 4 is 39.5 Å². The van der Waals surface area contributed by atoms with Gasteiger partial charge in [-0.05, 0) is 43.4 Å². The van der Waals surface area contributed by atoms with Gasteiger partial charge in [0.1, 0.15) is 19.3 Å². The summed E-state index contributed by atoms with van der Waals surface area (Å²) in [6.45, 7) is 12.2. The molecule has 0 rings (SSSR count). The molecule has 0 spiro atoms. The van der Waals surface area contributed by atoms with E-state index in [4.69, 9.17) is 37.0 Å². The van der Waals surface area contributed by atoms with Crippen molar-refractivity contribution in [1.29, 1.82) is 0 Å². The van der Waals surface area contributed by atoms with Gasteiger partial charge in [0.25, 0.3) is 0 Å². The standard InChI is InChI=1S/C92H180O17P2/c1-8-12-13-14-15-16-17-18-27-35-40-45-54-61-68-75-92(97)109-88(80-103-90(95)74-67-60-53-48-47-51-58-65-72-85(7)11-4)82-107-111(100,101)105-78-86(93)77-104-110(98,99)106-81-87(108-91(96)76-69-62-55-46-41-36-31-26-22-20-24-29-33-38-43-50-57-64-71-84(6)10-3)79-102-89(94)73-66-59-52-44-39-34-30-25-21-19-23-28-32-37-42-49-56-63-70-83(5)9-2/h83-88,93H,8-82H2,1-7H3,(H,98,99)(H,100,101)/t83?,84?,85?,86-,87-,88-/m1/s1. The molecule has 5 unspecified atom stereocenters. The molecule has 0 aliphatic rings. The van der Waals surface area contributed by atoms with Crippen molar-refractivity contribution in [3.63, 3.8) is 0 Å². The van der Waals surface area contributed by atoms with Crippen molar-refractivity contribution in [3.05, 3.63) is 0 Å². The number of carbonyl (C=O) groups excluding carboxylic acids is 4. The number of carbonyl (C=O) groups is 4. The van der Waals surface area contributed by atoms with Gasteiger partial charge in [-0.1, -0.05) is 440 Å². The van der Waals surface area contributed by atoms with Crippen LogP contribution in [-0.4, -0.2) is 96.7 Å². The van der Waals surface area contributed by atoms with Gasteiger partial charge in [0.2, 0.25) is 0 Å². The molecule has 111 heavy (non-hydrogen) atoms. The maximum atomic E-state index is 13.2. The van der Waals surface area contributed by atoms with Gasteiger partial charge in [0, 0.05) is 25.7 Å². The van der Waals surface area contributed by atoms with Crippen molar-refractivity contribution in [2.75, 3.05) is 39.6 Å². The predicted molar refractivity (Wildman–Crippen MR) is 460 cm³/mol. The Balaban J connectivity index is 5.24. The molecule has 0 aromatic carbocycles. The Morgan fingerprint density at radius 2 is 0.432 bits per heavy atom. The fraction of sp³-hybridized carbons (Fsp3) is 0.957. The zero-order chi connectivity index (χ0) is 81.5. The van der Waals surface area contributed by atoms with Gasteiger partial charge < -0.3 is 33.8 Å². The van der Waals surface area contributed by atoms with E-state index < -0.39 is 97.5 Å². The van der Waals surface area contributed by atoms with Gasteiger partial charge >= 0.3 is 39.5 Å². The Kier molecular flexibility index (Phi) is 80.4. The number of ether oxygens (including phenoxy) is 4. The maximum absolute atomic E-state index is 13.2. The molecule has 8 atom stereocenters. The molecule has 0 aliphatic heterocycles. The molecule has 0 amide bonds. The molecule has 19 heteroatoms. The number of hydrogen-bond donors (Lipinski definition) is 3. The van der Waals surface area contributed by atoms with E-state index in [0.717, 1.165) is 108 Å². The number of esters is 4. The first kappa shape index (κ1) is 109. The van der Waals surface area contributed by atoms with E-state index in [1.54, 1.807) is 0 Å². The van der Waals surface area contributed by atoms with Crippen LogP contribution in [0.4, 0.5) is 0 Å². The minimum absolute atomic E-state index is 0.108. The summed E-state index contributed by atoms with van der Waals surface area (Å²) in [4.78, 5) is 73.4. The molecular formula is C92H180O17P2. The Bertz CT molecular complexity index is 2140. The van der Waals surface area contributed by atoms with Crippen LogP contribution >= 0.6 is 15.6 Å². The van der Waals surface area contributed by atoms with Crippen LogP contribution in [0.3, 0.4) is 0 Å². The van der Waals surface area contributed by atoms with E-state index in [1.165, 1.54) is 302 Å². The molecule has 0 aromatic heterocycles. The van der Waals surface area contributed by atoms with E-state index in [2.05, 4.69) is 48.5 Å². The van der Waals surface area contributed by atoms with Crippen LogP contribution < -0.4 is 0 Å². The normalized spacial score (nSPS) is 14.5. The third-order valence-corrected chi connectivity index (χ3v) is 24.6. The van der Waals surface area contributed by atoms with E-state index >= 15 is 0 Å². The van der Waals surface area contributed by atoms with Crippen LogP contribution in [-0.2, 0) is 65.4 Å². The van der Waals surface area contributed by atoms with Gasteiger partial charge in [-0.2, -0.15) is 0 Å². The lowest BCUT2D eigenvalue weighted by Crippen LogP contribution is -2.30. The Morgan fingerprint density at radius 3 is 0.640 bits per heavy atom. The summed E-state index contributed by atoms with van der Waals surface area (Å²) in [6, 6.07) is 0. The fourth-order valence-corrected chi connectivity index (χ4v) is 15.9. The van der Waals surface area contributed by atoms with Crippen LogP contribution in [0.25, 0.3) is 0 Å². The van der Waals surface area contributed by atoms with Gasteiger partial charge in [-0.15, -0.1) is 0 Å². The minimum atomic E-state index is -4.97. The van der Waals surface area contributed by atoms with Gasteiger partial charge in [0.05, 0.1) is 26.4 Å². The summed E-state index contributed by atoms with van der Waals surface area (Å²) in [5.41, 5.74) is 0. The first-order chi connectivity index (χ1) is 53.8. The SMILES string of the molecule is CCCCCCCCCCCCCCCCCC(=O)O[C@H](COC(=O)CCCCCCCCCCC(C)CC)COP(=O)(O)OC[C@H](O)COP(=O)(O)OC[C@@H](COC(=O)CCCCCCCCCCCCCCCCCCCCC(C)CC)OC(=O)CCCCCCCCCCCCCCCCCCCCC(C)CC. The predicted octanol–water partition coefficient (Wildman–Crippen LogP) is 28.4. The molecule has 0 fully saturated rings. The summed E-state index contributed by atoms with van der Waals surface area (Å²) in [6.07, 6.45) is 74.9. The highest BCUT2D eigenvalue weighted by Crippen LogP contribution is 2.45.